The van der Waals surface area contributed by atoms with Crippen molar-refractivity contribution in [2.24, 2.45) is 0 Å². The molecule has 0 aliphatic rings. The number of hydrogen-bond donors (Lipinski definition) is 1. The van der Waals surface area contributed by atoms with Crippen LogP contribution in [0.1, 0.15) is 45.7 Å². The summed E-state index contributed by atoms with van der Waals surface area (Å²) in [6, 6.07) is 9.21. The maximum atomic E-state index is 5.22. The van der Waals surface area contributed by atoms with Gasteiger partial charge in [0, 0.05) is 38.0 Å². The summed E-state index contributed by atoms with van der Waals surface area (Å²) < 4.78 is 7.60. The van der Waals surface area contributed by atoms with E-state index >= 15 is 0 Å². The number of rotatable bonds is 6. The van der Waals surface area contributed by atoms with Crippen LogP contribution in [0.25, 0.3) is 10.9 Å². The lowest BCUT2D eigenvalue weighted by Gasteiger charge is -2.22. The Labute approximate surface area is 128 Å². The monoisotopic (exact) mass is 288 g/mol. The van der Waals surface area contributed by atoms with Gasteiger partial charge in [0.15, 0.2) is 0 Å². The van der Waals surface area contributed by atoms with E-state index in [0.29, 0.717) is 6.04 Å². The second kappa shape index (κ2) is 6.63. The number of nitrogens with zero attached hydrogens (tertiary/aromatic N) is 1. The fourth-order valence-electron chi connectivity index (χ4n) is 2.59. The van der Waals surface area contributed by atoms with Crippen LogP contribution in [-0.4, -0.2) is 23.8 Å². The normalized spacial score (nSPS) is 13.8. The van der Waals surface area contributed by atoms with Gasteiger partial charge < -0.3 is 14.6 Å². The van der Waals surface area contributed by atoms with Crippen molar-refractivity contribution in [3.8, 4) is 0 Å². The Balaban J connectivity index is 2.30. The van der Waals surface area contributed by atoms with E-state index in [1.807, 2.05) is 0 Å². The molecule has 0 spiro atoms. The molecule has 1 aromatic heterocycles. The fourth-order valence-corrected chi connectivity index (χ4v) is 2.59. The summed E-state index contributed by atoms with van der Waals surface area (Å²) in [5.41, 5.74) is 2.83. The maximum absolute atomic E-state index is 5.22. The Kier molecular flexibility index (Phi) is 5.07. The van der Waals surface area contributed by atoms with Crippen LogP contribution in [0.2, 0.25) is 0 Å². The topological polar surface area (TPSA) is 26.2 Å². The highest BCUT2D eigenvalue weighted by atomic mass is 16.5. The average Bonchev–Trinajstić information content (AvgIpc) is 2.86. The second-order valence-electron chi connectivity index (χ2n) is 6.81. The first-order chi connectivity index (χ1) is 9.92. The molecule has 2 aromatic rings. The van der Waals surface area contributed by atoms with Crippen molar-refractivity contribution in [3.63, 3.8) is 0 Å². The zero-order valence-corrected chi connectivity index (χ0v) is 13.9. The average molecular weight is 288 g/mol. The van der Waals surface area contributed by atoms with Crippen LogP contribution in [0.5, 0.6) is 0 Å². The van der Waals surface area contributed by atoms with Gasteiger partial charge in [0.1, 0.15) is 0 Å². The molecule has 21 heavy (non-hydrogen) atoms. The molecule has 3 heteroatoms. The SMILES string of the molecule is COCCC(C)n1ccc2cccc(CNC(C)(C)C)c21. The second-order valence-corrected chi connectivity index (χ2v) is 6.81. The predicted molar refractivity (Wildman–Crippen MR) is 89.7 cm³/mol. The van der Waals surface area contributed by atoms with E-state index in [1.165, 1.54) is 16.5 Å². The molecule has 0 aliphatic heterocycles. The number of aromatic nitrogens is 1. The lowest BCUT2D eigenvalue weighted by molar-refractivity contribution is 0.181. The third-order valence-electron chi connectivity index (χ3n) is 3.85. The molecule has 0 aliphatic carbocycles. The van der Waals surface area contributed by atoms with Crippen LogP contribution in [0.15, 0.2) is 30.5 Å². The molecule has 1 unspecified atom stereocenters. The number of hydrogen-bond acceptors (Lipinski definition) is 2. The van der Waals surface area contributed by atoms with Gasteiger partial charge >= 0.3 is 0 Å². The van der Waals surface area contributed by atoms with E-state index in [1.54, 1.807) is 7.11 Å². The van der Waals surface area contributed by atoms with Crippen LogP contribution in [0.3, 0.4) is 0 Å². The smallest absolute Gasteiger partial charge is 0.0528 e. The first-order valence-corrected chi connectivity index (χ1v) is 7.75. The summed E-state index contributed by atoms with van der Waals surface area (Å²) in [5.74, 6) is 0. The highest BCUT2D eigenvalue weighted by Crippen LogP contribution is 2.25. The highest BCUT2D eigenvalue weighted by molar-refractivity contribution is 5.83. The maximum Gasteiger partial charge on any atom is 0.0528 e. The molecular weight excluding hydrogens is 260 g/mol. The van der Waals surface area contributed by atoms with Crippen molar-refractivity contribution in [2.45, 2.75) is 52.2 Å². The molecule has 3 nitrogen and oxygen atoms in total. The lowest BCUT2D eigenvalue weighted by Crippen LogP contribution is -2.35. The Morgan fingerprint density at radius 1 is 1.24 bits per heavy atom. The van der Waals surface area contributed by atoms with E-state index in [2.05, 4.69) is 68.0 Å². The van der Waals surface area contributed by atoms with Crippen molar-refractivity contribution in [1.29, 1.82) is 0 Å². The fraction of sp³-hybridized carbons (Fsp3) is 0.556. The van der Waals surface area contributed by atoms with Crippen molar-refractivity contribution in [3.05, 3.63) is 36.0 Å². The first kappa shape index (κ1) is 16.1. The molecule has 0 radical (unpaired) electrons. The van der Waals surface area contributed by atoms with Gasteiger partial charge in [-0.15, -0.1) is 0 Å². The minimum atomic E-state index is 0.126. The van der Waals surface area contributed by atoms with Crippen LogP contribution < -0.4 is 5.32 Å². The molecular formula is C18H28N2O. The van der Waals surface area contributed by atoms with Gasteiger partial charge in [-0.1, -0.05) is 18.2 Å². The number of ether oxygens (including phenoxy) is 1. The zero-order valence-electron chi connectivity index (χ0n) is 13.9. The lowest BCUT2D eigenvalue weighted by atomic mass is 10.1. The van der Waals surface area contributed by atoms with E-state index in [0.717, 1.165) is 19.6 Å². The van der Waals surface area contributed by atoms with E-state index < -0.39 is 0 Å². The van der Waals surface area contributed by atoms with E-state index in [9.17, 15) is 0 Å². The molecule has 1 heterocycles. The van der Waals surface area contributed by atoms with Crippen LogP contribution in [-0.2, 0) is 11.3 Å². The summed E-state index contributed by atoms with van der Waals surface area (Å²) in [6.07, 6.45) is 3.23. The molecule has 0 bridgehead atoms. The van der Waals surface area contributed by atoms with Crippen molar-refractivity contribution in [2.75, 3.05) is 13.7 Å². The Hall–Kier alpha value is -1.32. The van der Waals surface area contributed by atoms with Gasteiger partial charge in [-0.05, 0) is 51.1 Å². The predicted octanol–water partition coefficient (Wildman–Crippen LogP) is 4.13. The van der Waals surface area contributed by atoms with E-state index in [-0.39, 0.29) is 5.54 Å². The van der Waals surface area contributed by atoms with Gasteiger partial charge in [-0.25, -0.2) is 0 Å². The van der Waals surface area contributed by atoms with Gasteiger partial charge in [0.05, 0.1) is 5.52 Å². The zero-order chi connectivity index (χ0) is 15.5. The standard InChI is InChI=1S/C18H28N2O/c1-14(10-12-21-5)20-11-9-15-7-6-8-16(17(15)20)13-19-18(2,3)4/h6-9,11,14,19H,10,12-13H2,1-5H3. The molecule has 0 amide bonds. The Morgan fingerprint density at radius 3 is 2.67 bits per heavy atom. The first-order valence-electron chi connectivity index (χ1n) is 7.75. The number of para-hydroxylation sites is 1. The van der Waals surface area contributed by atoms with Gasteiger partial charge in [0.25, 0.3) is 0 Å². The number of nitrogens with one attached hydrogen (secondary N) is 1. The summed E-state index contributed by atoms with van der Waals surface area (Å²) in [5, 5.41) is 4.90. The van der Waals surface area contributed by atoms with Crippen LogP contribution in [0.4, 0.5) is 0 Å². The summed E-state index contributed by atoms with van der Waals surface area (Å²) >= 11 is 0. The minimum Gasteiger partial charge on any atom is -0.385 e. The third kappa shape index (κ3) is 4.08. The molecule has 1 atom stereocenters. The van der Waals surface area contributed by atoms with Crippen molar-refractivity contribution < 1.29 is 4.74 Å². The summed E-state index contributed by atoms with van der Waals surface area (Å²) in [4.78, 5) is 0. The van der Waals surface area contributed by atoms with Crippen molar-refractivity contribution in [1.82, 2.24) is 9.88 Å². The molecule has 0 saturated heterocycles. The summed E-state index contributed by atoms with van der Waals surface area (Å²) in [7, 11) is 1.76. The molecule has 116 valence electrons. The number of benzene rings is 1. The van der Waals surface area contributed by atoms with Crippen LogP contribution in [0, 0.1) is 0 Å². The Morgan fingerprint density at radius 2 is 2.00 bits per heavy atom. The molecule has 0 saturated carbocycles. The number of fused-ring (bicyclic) bond motifs is 1. The number of methoxy groups -OCH3 is 1. The molecule has 1 aromatic carbocycles. The van der Waals surface area contributed by atoms with E-state index in [4.69, 9.17) is 4.74 Å². The third-order valence-corrected chi connectivity index (χ3v) is 3.85. The largest absolute Gasteiger partial charge is 0.385 e. The van der Waals surface area contributed by atoms with Crippen LogP contribution >= 0.6 is 0 Å². The van der Waals surface area contributed by atoms with Gasteiger partial charge in [0.2, 0.25) is 0 Å². The summed E-state index contributed by atoms with van der Waals surface area (Å²) in [6.45, 7) is 10.5. The minimum absolute atomic E-state index is 0.126. The Bertz CT molecular complexity index is 580. The molecule has 1 N–H and O–H groups in total. The van der Waals surface area contributed by atoms with Gasteiger partial charge in [-0.2, -0.15) is 0 Å². The highest BCUT2D eigenvalue weighted by Gasteiger charge is 2.14. The quantitative estimate of drug-likeness (QED) is 0.865. The molecule has 2 rings (SSSR count). The van der Waals surface area contributed by atoms with Gasteiger partial charge in [-0.3, -0.25) is 0 Å². The van der Waals surface area contributed by atoms with Crippen molar-refractivity contribution >= 4 is 10.9 Å². The molecule has 0 fully saturated rings.